The molecule has 2 aromatic rings. The van der Waals surface area contributed by atoms with Crippen molar-refractivity contribution in [2.45, 2.75) is 6.04 Å². The fraction of sp³-hybridized carbons (Fsp3) is 0.200. The van der Waals surface area contributed by atoms with Gasteiger partial charge in [-0.3, -0.25) is 0 Å². The van der Waals surface area contributed by atoms with Crippen LogP contribution >= 0.6 is 15.9 Å². The van der Waals surface area contributed by atoms with Crippen LogP contribution in [0.15, 0.2) is 53.0 Å². The average molecular weight is 323 g/mol. The number of benzene rings is 2. The third kappa shape index (κ3) is 3.33. The van der Waals surface area contributed by atoms with Crippen molar-refractivity contribution >= 4 is 21.6 Å². The summed E-state index contributed by atoms with van der Waals surface area (Å²) in [6.45, 7) is 0.496. The molecule has 0 amide bonds. The zero-order chi connectivity index (χ0) is 13.8. The van der Waals surface area contributed by atoms with Crippen LogP contribution in [0.4, 0.5) is 10.1 Å². The second-order valence-corrected chi connectivity index (χ2v) is 5.31. The van der Waals surface area contributed by atoms with Crippen molar-refractivity contribution < 1.29 is 4.39 Å². The lowest BCUT2D eigenvalue weighted by Crippen LogP contribution is -2.30. The SMILES string of the molecule is CN(c1ccc(F)cc1)C(CN)c1ccc(Br)cc1. The van der Waals surface area contributed by atoms with E-state index in [-0.39, 0.29) is 11.9 Å². The molecule has 0 saturated heterocycles. The average Bonchev–Trinajstić information content (AvgIpc) is 2.42. The molecular formula is C15H16BrFN2. The number of hydrogen-bond acceptors (Lipinski definition) is 2. The number of nitrogens with two attached hydrogens (primary N) is 1. The Morgan fingerprint density at radius 1 is 1.11 bits per heavy atom. The van der Waals surface area contributed by atoms with Gasteiger partial charge in [0.2, 0.25) is 0 Å². The van der Waals surface area contributed by atoms with Gasteiger partial charge in [0.25, 0.3) is 0 Å². The second kappa shape index (κ2) is 6.17. The summed E-state index contributed by atoms with van der Waals surface area (Å²) in [5, 5.41) is 0. The molecular weight excluding hydrogens is 307 g/mol. The molecule has 4 heteroatoms. The van der Waals surface area contributed by atoms with E-state index in [0.717, 1.165) is 15.7 Å². The van der Waals surface area contributed by atoms with Crippen LogP contribution in [-0.2, 0) is 0 Å². The zero-order valence-electron chi connectivity index (χ0n) is 10.7. The van der Waals surface area contributed by atoms with Crippen LogP contribution in [0.5, 0.6) is 0 Å². The Labute approximate surface area is 121 Å². The van der Waals surface area contributed by atoms with E-state index in [1.165, 1.54) is 12.1 Å². The van der Waals surface area contributed by atoms with Crippen molar-refractivity contribution in [3.05, 3.63) is 64.4 Å². The minimum atomic E-state index is -0.231. The molecule has 0 radical (unpaired) electrons. The highest BCUT2D eigenvalue weighted by atomic mass is 79.9. The predicted octanol–water partition coefficient (Wildman–Crippen LogP) is 3.72. The van der Waals surface area contributed by atoms with E-state index in [4.69, 9.17) is 5.73 Å². The van der Waals surface area contributed by atoms with Gasteiger partial charge in [-0.25, -0.2) is 4.39 Å². The first-order chi connectivity index (χ1) is 9.11. The van der Waals surface area contributed by atoms with Gasteiger partial charge in [-0.15, -0.1) is 0 Å². The summed E-state index contributed by atoms with van der Waals surface area (Å²) in [7, 11) is 1.97. The first kappa shape index (κ1) is 14.0. The van der Waals surface area contributed by atoms with Gasteiger partial charge in [0.1, 0.15) is 5.82 Å². The Kier molecular flexibility index (Phi) is 4.56. The molecule has 2 aromatic carbocycles. The van der Waals surface area contributed by atoms with Crippen LogP contribution in [0.2, 0.25) is 0 Å². The minimum Gasteiger partial charge on any atom is -0.366 e. The first-order valence-corrected chi connectivity index (χ1v) is 6.85. The third-order valence-corrected chi connectivity index (χ3v) is 3.71. The Bertz CT molecular complexity index is 525. The van der Waals surface area contributed by atoms with E-state index in [2.05, 4.69) is 20.8 Å². The van der Waals surface area contributed by atoms with Crippen molar-refractivity contribution in [1.82, 2.24) is 0 Å². The van der Waals surface area contributed by atoms with Gasteiger partial charge in [-0.05, 0) is 42.0 Å². The Morgan fingerprint density at radius 3 is 2.21 bits per heavy atom. The minimum absolute atomic E-state index is 0.0681. The summed E-state index contributed by atoms with van der Waals surface area (Å²) in [6, 6.07) is 14.6. The maximum atomic E-state index is 13.0. The maximum Gasteiger partial charge on any atom is 0.123 e. The molecule has 0 aromatic heterocycles. The molecule has 1 unspecified atom stereocenters. The lowest BCUT2D eigenvalue weighted by atomic mass is 10.1. The summed E-state index contributed by atoms with van der Waals surface area (Å²) in [4.78, 5) is 2.06. The monoisotopic (exact) mass is 322 g/mol. The molecule has 0 heterocycles. The summed E-state index contributed by atoms with van der Waals surface area (Å²) in [5.74, 6) is -0.231. The number of hydrogen-bond donors (Lipinski definition) is 1. The van der Waals surface area contributed by atoms with Gasteiger partial charge in [-0.1, -0.05) is 28.1 Å². The first-order valence-electron chi connectivity index (χ1n) is 6.05. The Morgan fingerprint density at radius 2 is 1.68 bits per heavy atom. The van der Waals surface area contributed by atoms with Crippen LogP contribution in [0.1, 0.15) is 11.6 Å². The molecule has 2 N–H and O–H groups in total. The number of anilines is 1. The number of nitrogens with zero attached hydrogens (tertiary/aromatic N) is 1. The quantitative estimate of drug-likeness (QED) is 0.929. The van der Waals surface area contributed by atoms with Gasteiger partial charge < -0.3 is 10.6 Å². The normalized spacial score (nSPS) is 12.2. The number of rotatable bonds is 4. The van der Waals surface area contributed by atoms with E-state index in [1.54, 1.807) is 12.1 Å². The van der Waals surface area contributed by atoms with E-state index in [9.17, 15) is 4.39 Å². The zero-order valence-corrected chi connectivity index (χ0v) is 12.3. The molecule has 0 aliphatic rings. The lowest BCUT2D eigenvalue weighted by molar-refractivity contribution is 0.626. The highest BCUT2D eigenvalue weighted by Gasteiger charge is 2.15. The molecule has 2 nitrogen and oxygen atoms in total. The molecule has 1 atom stereocenters. The summed E-state index contributed by atoms with van der Waals surface area (Å²) < 4.78 is 14.0. The molecule has 0 fully saturated rings. The van der Waals surface area contributed by atoms with Crippen molar-refractivity contribution in [3.8, 4) is 0 Å². The van der Waals surface area contributed by atoms with Crippen LogP contribution in [0.3, 0.4) is 0 Å². The molecule has 0 aliphatic carbocycles. The van der Waals surface area contributed by atoms with Crippen molar-refractivity contribution in [1.29, 1.82) is 0 Å². The van der Waals surface area contributed by atoms with Crippen molar-refractivity contribution in [2.75, 3.05) is 18.5 Å². The van der Waals surface area contributed by atoms with Crippen molar-refractivity contribution in [2.24, 2.45) is 5.73 Å². The molecule has 0 aliphatic heterocycles. The smallest absolute Gasteiger partial charge is 0.123 e. The van der Waals surface area contributed by atoms with E-state index < -0.39 is 0 Å². The van der Waals surface area contributed by atoms with Crippen LogP contribution in [0.25, 0.3) is 0 Å². The van der Waals surface area contributed by atoms with Crippen molar-refractivity contribution in [3.63, 3.8) is 0 Å². The summed E-state index contributed by atoms with van der Waals surface area (Å²) in [6.07, 6.45) is 0. The molecule has 0 spiro atoms. The van der Waals surface area contributed by atoms with Crippen LogP contribution in [0, 0.1) is 5.82 Å². The fourth-order valence-corrected chi connectivity index (χ4v) is 2.32. The van der Waals surface area contributed by atoms with Crippen LogP contribution in [-0.4, -0.2) is 13.6 Å². The van der Waals surface area contributed by atoms with Gasteiger partial charge in [0, 0.05) is 23.8 Å². The lowest BCUT2D eigenvalue weighted by Gasteiger charge is -2.29. The maximum absolute atomic E-state index is 13.0. The van der Waals surface area contributed by atoms with E-state index in [1.807, 2.05) is 31.3 Å². The topological polar surface area (TPSA) is 29.3 Å². The molecule has 2 rings (SSSR count). The molecule has 0 bridgehead atoms. The van der Waals surface area contributed by atoms with Gasteiger partial charge in [0.15, 0.2) is 0 Å². The summed E-state index contributed by atoms with van der Waals surface area (Å²) >= 11 is 3.42. The third-order valence-electron chi connectivity index (χ3n) is 3.18. The highest BCUT2D eigenvalue weighted by molar-refractivity contribution is 9.10. The van der Waals surface area contributed by atoms with Gasteiger partial charge in [0.05, 0.1) is 6.04 Å². The van der Waals surface area contributed by atoms with E-state index in [0.29, 0.717) is 6.54 Å². The van der Waals surface area contributed by atoms with Gasteiger partial charge in [-0.2, -0.15) is 0 Å². The van der Waals surface area contributed by atoms with Gasteiger partial charge >= 0.3 is 0 Å². The Balaban J connectivity index is 2.26. The van der Waals surface area contributed by atoms with E-state index >= 15 is 0 Å². The largest absolute Gasteiger partial charge is 0.366 e. The number of halogens is 2. The van der Waals surface area contributed by atoms with Crippen LogP contribution < -0.4 is 10.6 Å². The summed E-state index contributed by atoms with van der Waals surface area (Å²) in [5.41, 5.74) is 7.96. The highest BCUT2D eigenvalue weighted by Crippen LogP contribution is 2.26. The standard InChI is InChI=1S/C15H16BrFN2/c1-19(14-8-6-13(17)7-9-14)15(10-18)11-2-4-12(16)5-3-11/h2-9,15H,10,18H2,1H3. The number of likely N-dealkylation sites (N-methyl/N-ethyl adjacent to an activating group) is 1. The molecule has 0 saturated carbocycles. The molecule has 19 heavy (non-hydrogen) atoms. The second-order valence-electron chi connectivity index (χ2n) is 4.39. The molecule has 100 valence electrons. The Hall–Kier alpha value is -1.39. The fourth-order valence-electron chi connectivity index (χ4n) is 2.06. The predicted molar refractivity (Wildman–Crippen MR) is 80.7 cm³/mol.